The molecule has 2 heteroatoms. The molecule has 1 aliphatic carbocycles. The smallest absolute Gasteiger partial charge is 0 e. The quantitative estimate of drug-likeness (QED) is 0.452. The first kappa shape index (κ1) is 15.9. The van der Waals surface area contributed by atoms with Crippen molar-refractivity contribution in [2.45, 2.75) is 6.42 Å². The molecule has 0 amide bonds. The van der Waals surface area contributed by atoms with Gasteiger partial charge >= 0.3 is 0 Å². The fourth-order valence-electron chi connectivity index (χ4n) is 1.55. The summed E-state index contributed by atoms with van der Waals surface area (Å²) in [4.78, 5) is 0. The van der Waals surface area contributed by atoms with Gasteiger partial charge < -0.3 is 0 Å². The van der Waals surface area contributed by atoms with Gasteiger partial charge in [0.1, 0.15) is 0 Å². The second kappa shape index (κ2) is 9.75. The van der Waals surface area contributed by atoms with Crippen LogP contribution in [0.4, 0.5) is 0 Å². The van der Waals surface area contributed by atoms with Crippen LogP contribution in [0.3, 0.4) is 0 Å². The average Bonchev–Trinajstić information content (AvgIpc) is 3.00. The fourth-order valence-corrected chi connectivity index (χ4v) is 2.60. The summed E-state index contributed by atoms with van der Waals surface area (Å²) in [6.45, 7) is 0. The molecule has 1 aliphatic rings. The van der Waals surface area contributed by atoms with E-state index in [1.165, 1.54) is 10.6 Å². The fraction of sp³-hybridized carbons (Fsp3) is 0.0588. The Morgan fingerprint density at radius 1 is 0.789 bits per heavy atom. The molecule has 0 saturated heterocycles. The average molecular weight is 307 g/mol. The number of hydrogen-bond donors (Lipinski definition) is 0. The Kier molecular flexibility index (Phi) is 8.18. The second-order valence-electron chi connectivity index (χ2n) is 3.86. The molecule has 0 fully saturated rings. The number of hydrogen-bond acceptors (Lipinski definition) is 0. The number of rotatable bonds is 2. The Morgan fingerprint density at radius 2 is 1.32 bits per heavy atom. The molecule has 0 aromatic heterocycles. The topological polar surface area (TPSA) is 0 Å². The van der Waals surface area contributed by atoms with Gasteiger partial charge in [-0.05, 0) is 10.6 Å². The molecule has 19 heavy (non-hydrogen) atoms. The maximum Gasteiger partial charge on any atom is 0 e. The zero-order valence-corrected chi connectivity index (χ0v) is 12.7. The summed E-state index contributed by atoms with van der Waals surface area (Å²) in [6, 6.07) is 21.2. The monoisotopic (exact) mass is 307 g/mol. The van der Waals surface area contributed by atoms with Crippen LogP contribution in [0.5, 0.6) is 0 Å². The van der Waals surface area contributed by atoms with Crippen molar-refractivity contribution in [2.75, 3.05) is 0 Å². The molecule has 0 bridgehead atoms. The van der Waals surface area contributed by atoms with Gasteiger partial charge in [0, 0.05) is 17.1 Å². The van der Waals surface area contributed by atoms with Crippen LogP contribution < -0.4 is 10.6 Å². The molecule has 0 unspecified atom stereocenters. The summed E-state index contributed by atoms with van der Waals surface area (Å²) in [5.41, 5.74) is 0. The zero-order valence-electron chi connectivity index (χ0n) is 10.6. The van der Waals surface area contributed by atoms with Gasteiger partial charge in [-0.2, -0.15) is 6.08 Å². The third kappa shape index (κ3) is 6.55. The van der Waals surface area contributed by atoms with Crippen molar-refractivity contribution in [3.8, 4) is 0 Å². The third-order valence-corrected chi connectivity index (χ3v) is 3.67. The largest absolute Gasteiger partial charge is 0.273 e. The van der Waals surface area contributed by atoms with E-state index in [9.17, 15) is 0 Å². The van der Waals surface area contributed by atoms with Crippen LogP contribution in [0, 0.1) is 6.08 Å². The Labute approximate surface area is 127 Å². The molecule has 2 aromatic rings. The van der Waals surface area contributed by atoms with Crippen molar-refractivity contribution in [1.29, 1.82) is 0 Å². The van der Waals surface area contributed by atoms with Crippen molar-refractivity contribution in [3.63, 3.8) is 0 Å². The van der Waals surface area contributed by atoms with Gasteiger partial charge in [0.2, 0.25) is 0 Å². The molecular weight excluding hydrogens is 291 g/mol. The van der Waals surface area contributed by atoms with Gasteiger partial charge in [0.15, 0.2) is 0 Å². The second-order valence-corrected chi connectivity index (χ2v) is 5.26. The molecule has 0 aliphatic heterocycles. The summed E-state index contributed by atoms with van der Waals surface area (Å²) in [5, 5.41) is 2.79. The third-order valence-electron chi connectivity index (χ3n) is 2.42. The van der Waals surface area contributed by atoms with E-state index in [0.717, 1.165) is 15.0 Å². The van der Waals surface area contributed by atoms with Gasteiger partial charge in [-0.1, -0.05) is 69.2 Å². The number of benzene rings is 2. The van der Waals surface area contributed by atoms with Gasteiger partial charge in [-0.15, -0.1) is 6.42 Å². The molecule has 0 spiro atoms. The predicted molar refractivity (Wildman–Crippen MR) is 82.0 cm³/mol. The Morgan fingerprint density at radius 3 is 1.63 bits per heavy atom. The van der Waals surface area contributed by atoms with Gasteiger partial charge in [0.25, 0.3) is 0 Å². The van der Waals surface area contributed by atoms with Gasteiger partial charge in [0.05, 0.1) is 0 Å². The van der Waals surface area contributed by atoms with E-state index < -0.39 is 0 Å². The molecule has 3 rings (SSSR count). The summed E-state index contributed by atoms with van der Waals surface area (Å²) in [6.07, 6.45) is 10.0. The van der Waals surface area contributed by atoms with E-state index in [1.807, 2.05) is 12.2 Å². The minimum atomic E-state index is 0. The molecule has 0 heterocycles. The SMILES string of the molecule is [C-]1=CC=CC1.[Fe].c1ccc(Pc2ccccc2)cc1. The molecule has 0 N–H and O–H groups in total. The van der Waals surface area contributed by atoms with Crippen molar-refractivity contribution in [3.05, 3.63) is 85.0 Å². The van der Waals surface area contributed by atoms with Crippen molar-refractivity contribution in [1.82, 2.24) is 0 Å². The van der Waals surface area contributed by atoms with Crippen LogP contribution in [0.1, 0.15) is 6.42 Å². The number of allylic oxidation sites excluding steroid dienone is 4. The molecular formula is C17H16FeP-. The molecule has 98 valence electrons. The molecule has 0 atom stereocenters. The predicted octanol–water partition coefficient (Wildman–Crippen LogP) is 3.62. The molecule has 0 radical (unpaired) electrons. The van der Waals surface area contributed by atoms with Crippen molar-refractivity contribution < 1.29 is 17.1 Å². The first-order valence-electron chi connectivity index (χ1n) is 6.04. The van der Waals surface area contributed by atoms with Crippen LogP contribution in [-0.4, -0.2) is 0 Å². The van der Waals surface area contributed by atoms with Crippen molar-refractivity contribution in [2.24, 2.45) is 0 Å². The van der Waals surface area contributed by atoms with Crippen LogP contribution in [-0.2, 0) is 17.1 Å². The summed E-state index contributed by atoms with van der Waals surface area (Å²) >= 11 is 0. The Bertz CT molecular complexity index is 456. The summed E-state index contributed by atoms with van der Waals surface area (Å²) in [5.74, 6) is 0. The molecule has 0 saturated carbocycles. The Hall–Kier alpha value is -1.13. The molecule has 0 nitrogen and oxygen atoms in total. The van der Waals surface area contributed by atoms with E-state index in [0.29, 0.717) is 0 Å². The summed E-state index contributed by atoms with van der Waals surface area (Å²) < 4.78 is 0. The van der Waals surface area contributed by atoms with E-state index in [-0.39, 0.29) is 17.1 Å². The minimum Gasteiger partial charge on any atom is -0.273 e. The molecule has 2 aromatic carbocycles. The Balaban J connectivity index is 0.000000256. The zero-order chi connectivity index (χ0) is 12.5. The summed E-state index contributed by atoms with van der Waals surface area (Å²) in [7, 11) is 0.777. The van der Waals surface area contributed by atoms with E-state index in [1.54, 1.807) is 0 Å². The standard InChI is InChI=1S/C12H11P.C5H5.Fe/c1-3-7-11(8-4-1)13-12-9-5-2-6-10-12;1-2-4-5-3-1;/h1-10,13H;1-3H,4H2;/q;-1;. The van der Waals surface area contributed by atoms with E-state index in [2.05, 4.69) is 72.8 Å². The minimum absolute atomic E-state index is 0. The van der Waals surface area contributed by atoms with E-state index in [4.69, 9.17) is 0 Å². The van der Waals surface area contributed by atoms with Crippen LogP contribution in [0.2, 0.25) is 0 Å². The normalized spacial score (nSPS) is 11.4. The first-order chi connectivity index (χ1) is 8.95. The van der Waals surface area contributed by atoms with Crippen LogP contribution in [0.15, 0.2) is 78.9 Å². The maximum absolute atomic E-state index is 2.99. The van der Waals surface area contributed by atoms with Crippen molar-refractivity contribution >= 4 is 19.2 Å². The van der Waals surface area contributed by atoms with E-state index >= 15 is 0 Å². The van der Waals surface area contributed by atoms with Gasteiger partial charge in [-0.3, -0.25) is 6.08 Å². The van der Waals surface area contributed by atoms with Crippen LogP contribution in [0.25, 0.3) is 0 Å². The maximum atomic E-state index is 2.99. The van der Waals surface area contributed by atoms with Crippen LogP contribution >= 0.6 is 8.58 Å². The van der Waals surface area contributed by atoms with Gasteiger partial charge in [-0.25, -0.2) is 12.2 Å². The first-order valence-corrected chi connectivity index (χ1v) is 7.04.